The van der Waals surface area contributed by atoms with Crippen LogP contribution < -0.4 is 5.32 Å². The fourth-order valence-electron chi connectivity index (χ4n) is 1.15. The summed E-state index contributed by atoms with van der Waals surface area (Å²) in [6.07, 6.45) is 1.77. The van der Waals surface area contributed by atoms with Gasteiger partial charge in [-0.1, -0.05) is 6.08 Å². The minimum Gasteiger partial charge on any atom is -0.379 e. The van der Waals surface area contributed by atoms with Crippen molar-refractivity contribution in [3.63, 3.8) is 0 Å². The quantitative estimate of drug-likeness (QED) is 0.757. The third kappa shape index (κ3) is 2.59. The monoisotopic (exact) mass is 197 g/mol. The molecule has 3 nitrogen and oxygen atoms in total. The maximum Gasteiger partial charge on any atom is 0.101 e. The van der Waals surface area contributed by atoms with Crippen molar-refractivity contribution in [2.75, 3.05) is 5.32 Å². The van der Waals surface area contributed by atoms with Gasteiger partial charge in [-0.15, -0.1) is 6.58 Å². The molecule has 0 fully saturated rings. The molecule has 74 valence electrons. The van der Waals surface area contributed by atoms with E-state index in [0.717, 1.165) is 5.69 Å². The first-order valence-electron chi connectivity index (χ1n) is 4.54. The minimum absolute atomic E-state index is 0.129. The van der Waals surface area contributed by atoms with E-state index in [2.05, 4.69) is 11.9 Å². The summed E-state index contributed by atoms with van der Waals surface area (Å²) in [6.45, 7) is 5.61. The number of nitrogens with one attached hydrogen (secondary N) is 1. The highest BCUT2D eigenvalue weighted by Crippen LogP contribution is 2.15. The summed E-state index contributed by atoms with van der Waals surface area (Å²) in [5.41, 5.74) is 1.60. The molecule has 0 radical (unpaired) electrons. The molecule has 3 heteroatoms. The Bertz CT molecular complexity index is 449. The van der Waals surface area contributed by atoms with E-state index in [1.54, 1.807) is 24.3 Å². The van der Waals surface area contributed by atoms with Crippen LogP contribution in [0.1, 0.15) is 18.1 Å². The lowest BCUT2D eigenvalue weighted by atomic mass is 10.1. The zero-order chi connectivity index (χ0) is 11.3. The molecule has 0 aliphatic rings. The van der Waals surface area contributed by atoms with Crippen molar-refractivity contribution in [2.45, 2.75) is 13.0 Å². The third-order valence-electron chi connectivity index (χ3n) is 2.01. The molecule has 0 saturated carbocycles. The fourth-order valence-corrected chi connectivity index (χ4v) is 1.15. The summed E-state index contributed by atoms with van der Waals surface area (Å²) in [7, 11) is 0. The number of rotatable bonds is 3. The Kier molecular flexibility index (Phi) is 3.49. The number of anilines is 1. The van der Waals surface area contributed by atoms with Crippen molar-refractivity contribution in [1.29, 1.82) is 10.5 Å². The fraction of sp³-hybridized carbons (Fsp3) is 0.167. The van der Waals surface area contributed by atoms with Crippen LogP contribution in [0.25, 0.3) is 0 Å². The second-order valence-electron chi connectivity index (χ2n) is 3.15. The smallest absolute Gasteiger partial charge is 0.101 e. The van der Waals surface area contributed by atoms with Crippen molar-refractivity contribution in [2.24, 2.45) is 0 Å². The summed E-state index contributed by atoms with van der Waals surface area (Å²) in [5, 5.41) is 20.7. The maximum atomic E-state index is 8.82. The van der Waals surface area contributed by atoms with Gasteiger partial charge in [0.15, 0.2) is 0 Å². The molecule has 1 N–H and O–H groups in total. The van der Waals surface area contributed by atoms with Crippen LogP contribution in [0.3, 0.4) is 0 Å². The van der Waals surface area contributed by atoms with Crippen LogP contribution in [0.4, 0.5) is 5.69 Å². The van der Waals surface area contributed by atoms with E-state index in [4.69, 9.17) is 10.5 Å². The van der Waals surface area contributed by atoms with Crippen LogP contribution in [0.5, 0.6) is 0 Å². The molecule has 1 unspecified atom stereocenters. The predicted molar refractivity (Wildman–Crippen MR) is 59.2 cm³/mol. The lowest BCUT2D eigenvalue weighted by Gasteiger charge is -2.10. The van der Waals surface area contributed by atoms with Crippen LogP contribution in [0.2, 0.25) is 0 Å². The molecular formula is C12H11N3. The molecule has 0 bridgehead atoms. The molecule has 1 atom stereocenters. The first-order valence-corrected chi connectivity index (χ1v) is 4.54. The van der Waals surface area contributed by atoms with Gasteiger partial charge in [-0.05, 0) is 25.1 Å². The van der Waals surface area contributed by atoms with Gasteiger partial charge in [-0.2, -0.15) is 10.5 Å². The Labute approximate surface area is 89.3 Å². The Morgan fingerprint density at radius 3 is 2.53 bits per heavy atom. The van der Waals surface area contributed by atoms with Gasteiger partial charge in [0.25, 0.3) is 0 Å². The second-order valence-corrected chi connectivity index (χ2v) is 3.15. The molecule has 0 spiro atoms. The first-order chi connectivity index (χ1) is 7.21. The summed E-state index contributed by atoms with van der Waals surface area (Å²) in [6, 6.07) is 9.17. The van der Waals surface area contributed by atoms with E-state index >= 15 is 0 Å². The molecule has 0 heterocycles. The number of hydrogen-bond donors (Lipinski definition) is 1. The van der Waals surface area contributed by atoms with Crippen molar-refractivity contribution in [3.8, 4) is 12.1 Å². The van der Waals surface area contributed by atoms with E-state index in [1.807, 2.05) is 19.1 Å². The zero-order valence-electron chi connectivity index (χ0n) is 8.49. The number of benzene rings is 1. The van der Waals surface area contributed by atoms with Gasteiger partial charge < -0.3 is 5.32 Å². The van der Waals surface area contributed by atoms with Gasteiger partial charge >= 0.3 is 0 Å². The van der Waals surface area contributed by atoms with Crippen molar-refractivity contribution < 1.29 is 0 Å². The van der Waals surface area contributed by atoms with Crippen molar-refractivity contribution >= 4 is 5.69 Å². The predicted octanol–water partition coefficient (Wildman–Crippen LogP) is 2.42. The summed E-state index contributed by atoms with van der Waals surface area (Å²) < 4.78 is 0. The summed E-state index contributed by atoms with van der Waals surface area (Å²) >= 11 is 0. The third-order valence-corrected chi connectivity index (χ3v) is 2.01. The van der Waals surface area contributed by atoms with Crippen LogP contribution in [-0.4, -0.2) is 6.04 Å². The normalized spacial score (nSPS) is 10.9. The Morgan fingerprint density at radius 2 is 2.00 bits per heavy atom. The Hall–Kier alpha value is -2.26. The van der Waals surface area contributed by atoms with Gasteiger partial charge in [0, 0.05) is 11.7 Å². The number of nitriles is 2. The van der Waals surface area contributed by atoms with Crippen LogP contribution >= 0.6 is 0 Å². The highest BCUT2D eigenvalue weighted by molar-refractivity contribution is 5.56. The molecule has 0 aromatic heterocycles. The molecule has 0 saturated heterocycles. The highest BCUT2D eigenvalue weighted by Gasteiger charge is 2.03. The summed E-state index contributed by atoms with van der Waals surface area (Å²) in [4.78, 5) is 0. The van der Waals surface area contributed by atoms with Crippen LogP contribution in [0.15, 0.2) is 30.9 Å². The largest absolute Gasteiger partial charge is 0.379 e. The standard InChI is InChI=1S/C12H11N3/c1-3-9(2)15-12-5-4-10(7-13)11(6-12)8-14/h3-6,9,15H,1H2,2H3. The van der Waals surface area contributed by atoms with Crippen LogP contribution in [-0.2, 0) is 0 Å². The molecule has 1 aromatic rings. The molecule has 1 rings (SSSR count). The molecule has 0 aliphatic carbocycles. The average molecular weight is 197 g/mol. The van der Waals surface area contributed by atoms with Crippen LogP contribution in [0, 0.1) is 22.7 Å². The Morgan fingerprint density at radius 1 is 1.33 bits per heavy atom. The molecular weight excluding hydrogens is 186 g/mol. The number of nitrogens with zero attached hydrogens (tertiary/aromatic N) is 2. The first kappa shape index (κ1) is 10.8. The van der Waals surface area contributed by atoms with E-state index < -0.39 is 0 Å². The summed E-state index contributed by atoms with van der Waals surface area (Å²) in [5.74, 6) is 0. The van der Waals surface area contributed by atoms with Gasteiger partial charge in [-0.25, -0.2) is 0 Å². The number of hydrogen-bond acceptors (Lipinski definition) is 3. The minimum atomic E-state index is 0.129. The maximum absolute atomic E-state index is 8.82. The van der Waals surface area contributed by atoms with E-state index in [9.17, 15) is 0 Å². The SMILES string of the molecule is C=CC(C)Nc1ccc(C#N)c(C#N)c1. The van der Waals surface area contributed by atoms with E-state index in [0.29, 0.717) is 11.1 Å². The second kappa shape index (κ2) is 4.83. The zero-order valence-corrected chi connectivity index (χ0v) is 8.49. The van der Waals surface area contributed by atoms with Crippen molar-refractivity contribution in [3.05, 3.63) is 42.0 Å². The Balaban J connectivity index is 3.00. The van der Waals surface area contributed by atoms with E-state index in [1.165, 1.54) is 0 Å². The van der Waals surface area contributed by atoms with Gasteiger partial charge in [0.05, 0.1) is 11.1 Å². The van der Waals surface area contributed by atoms with Gasteiger partial charge in [0.1, 0.15) is 12.1 Å². The molecule has 1 aromatic carbocycles. The topological polar surface area (TPSA) is 59.6 Å². The molecule has 0 aliphatic heterocycles. The van der Waals surface area contributed by atoms with Crippen molar-refractivity contribution in [1.82, 2.24) is 0 Å². The average Bonchev–Trinajstić information content (AvgIpc) is 2.28. The van der Waals surface area contributed by atoms with E-state index in [-0.39, 0.29) is 6.04 Å². The lowest BCUT2D eigenvalue weighted by molar-refractivity contribution is 1.00. The molecule has 0 amide bonds. The highest BCUT2D eigenvalue weighted by atomic mass is 14.9. The molecule has 15 heavy (non-hydrogen) atoms. The lowest BCUT2D eigenvalue weighted by Crippen LogP contribution is -2.11. The van der Waals surface area contributed by atoms with Gasteiger partial charge in [-0.3, -0.25) is 0 Å². The van der Waals surface area contributed by atoms with Gasteiger partial charge in [0.2, 0.25) is 0 Å².